The molecule has 1 unspecified atom stereocenters. The van der Waals surface area contributed by atoms with Gasteiger partial charge in [-0.3, -0.25) is 0 Å². The van der Waals surface area contributed by atoms with Crippen LogP contribution in [0.4, 0.5) is 0 Å². The highest BCUT2D eigenvalue weighted by atomic mass is 16.5. The SMILES string of the molecule is COCc1nc(C(C)N)no1. The molecule has 11 heavy (non-hydrogen) atoms. The molecule has 1 aromatic heterocycles. The van der Waals surface area contributed by atoms with Gasteiger partial charge in [-0.25, -0.2) is 0 Å². The first-order valence-corrected chi connectivity index (χ1v) is 3.31. The van der Waals surface area contributed by atoms with Crippen LogP contribution in [0.1, 0.15) is 24.7 Å². The van der Waals surface area contributed by atoms with Gasteiger partial charge in [0.1, 0.15) is 6.61 Å². The average molecular weight is 157 g/mol. The molecule has 0 aliphatic heterocycles. The van der Waals surface area contributed by atoms with Crippen molar-refractivity contribution < 1.29 is 9.26 Å². The van der Waals surface area contributed by atoms with Crippen molar-refractivity contribution in [1.82, 2.24) is 10.1 Å². The first kappa shape index (κ1) is 8.16. The molecule has 62 valence electrons. The molecule has 2 N–H and O–H groups in total. The average Bonchev–Trinajstić information content (AvgIpc) is 2.37. The van der Waals surface area contributed by atoms with Crippen LogP contribution < -0.4 is 5.73 Å². The second kappa shape index (κ2) is 3.45. The van der Waals surface area contributed by atoms with E-state index in [1.807, 2.05) is 0 Å². The Labute approximate surface area is 64.5 Å². The van der Waals surface area contributed by atoms with Crippen LogP contribution in [-0.4, -0.2) is 17.3 Å². The predicted octanol–water partition coefficient (Wildman–Crippen LogP) is 0.236. The Morgan fingerprint density at radius 1 is 1.73 bits per heavy atom. The van der Waals surface area contributed by atoms with Gasteiger partial charge in [-0.2, -0.15) is 4.98 Å². The molecule has 5 nitrogen and oxygen atoms in total. The molecule has 0 spiro atoms. The molecule has 0 amide bonds. The smallest absolute Gasteiger partial charge is 0.252 e. The maximum absolute atomic E-state index is 5.50. The lowest BCUT2D eigenvalue weighted by Crippen LogP contribution is -2.06. The Hall–Kier alpha value is -0.940. The number of ether oxygens (including phenoxy) is 1. The van der Waals surface area contributed by atoms with Crippen molar-refractivity contribution in [1.29, 1.82) is 0 Å². The van der Waals surface area contributed by atoms with Crippen molar-refractivity contribution in [3.05, 3.63) is 11.7 Å². The summed E-state index contributed by atoms with van der Waals surface area (Å²) in [7, 11) is 1.57. The van der Waals surface area contributed by atoms with Crippen molar-refractivity contribution in [3.63, 3.8) is 0 Å². The maximum atomic E-state index is 5.50. The van der Waals surface area contributed by atoms with Gasteiger partial charge in [0, 0.05) is 7.11 Å². The highest BCUT2D eigenvalue weighted by Gasteiger charge is 2.08. The van der Waals surface area contributed by atoms with E-state index in [4.69, 9.17) is 15.0 Å². The molecule has 0 radical (unpaired) electrons. The van der Waals surface area contributed by atoms with E-state index < -0.39 is 0 Å². The minimum absolute atomic E-state index is 0.190. The van der Waals surface area contributed by atoms with E-state index >= 15 is 0 Å². The summed E-state index contributed by atoms with van der Waals surface area (Å²) in [6, 6.07) is -0.190. The zero-order valence-electron chi connectivity index (χ0n) is 6.57. The fraction of sp³-hybridized carbons (Fsp3) is 0.667. The predicted molar refractivity (Wildman–Crippen MR) is 37.6 cm³/mol. The van der Waals surface area contributed by atoms with E-state index in [1.54, 1.807) is 14.0 Å². The zero-order valence-corrected chi connectivity index (χ0v) is 6.57. The van der Waals surface area contributed by atoms with Crippen molar-refractivity contribution in [2.24, 2.45) is 5.73 Å². The number of rotatable bonds is 3. The van der Waals surface area contributed by atoms with Gasteiger partial charge >= 0.3 is 0 Å². The van der Waals surface area contributed by atoms with Crippen LogP contribution in [0.5, 0.6) is 0 Å². The number of nitrogens with zero attached hydrogens (tertiary/aromatic N) is 2. The van der Waals surface area contributed by atoms with Gasteiger partial charge in [0.2, 0.25) is 0 Å². The molecule has 1 aromatic rings. The molecule has 1 heterocycles. The van der Waals surface area contributed by atoms with E-state index in [0.717, 1.165) is 0 Å². The number of nitrogens with two attached hydrogens (primary N) is 1. The van der Waals surface area contributed by atoms with Gasteiger partial charge in [-0.1, -0.05) is 5.16 Å². The van der Waals surface area contributed by atoms with Gasteiger partial charge < -0.3 is 15.0 Å². The van der Waals surface area contributed by atoms with E-state index in [2.05, 4.69) is 10.1 Å². The van der Waals surface area contributed by atoms with Crippen molar-refractivity contribution in [2.45, 2.75) is 19.6 Å². The maximum Gasteiger partial charge on any atom is 0.252 e. The Kier molecular flexibility index (Phi) is 2.56. The van der Waals surface area contributed by atoms with Crippen LogP contribution >= 0.6 is 0 Å². The van der Waals surface area contributed by atoms with Crippen LogP contribution in [0.15, 0.2) is 4.52 Å². The molecule has 1 atom stereocenters. The van der Waals surface area contributed by atoms with Gasteiger partial charge in [-0.15, -0.1) is 0 Å². The Balaban J connectivity index is 2.66. The standard InChI is InChI=1S/C6H11N3O2/c1-4(7)6-8-5(3-10-2)11-9-6/h4H,3,7H2,1-2H3. The molecular weight excluding hydrogens is 146 g/mol. The molecule has 0 bridgehead atoms. The van der Waals surface area contributed by atoms with Crippen molar-refractivity contribution in [2.75, 3.05) is 7.11 Å². The fourth-order valence-corrected chi connectivity index (χ4v) is 0.635. The van der Waals surface area contributed by atoms with Crippen LogP contribution in [0.3, 0.4) is 0 Å². The largest absolute Gasteiger partial charge is 0.375 e. The first-order valence-electron chi connectivity index (χ1n) is 3.31. The Morgan fingerprint density at radius 2 is 2.45 bits per heavy atom. The van der Waals surface area contributed by atoms with E-state index in [1.165, 1.54) is 0 Å². The molecule has 0 saturated carbocycles. The summed E-state index contributed by atoms with van der Waals surface area (Å²) >= 11 is 0. The summed E-state index contributed by atoms with van der Waals surface area (Å²) in [5.41, 5.74) is 5.50. The van der Waals surface area contributed by atoms with Crippen LogP contribution in [0.25, 0.3) is 0 Å². The fourth-order valence-electron chi connectivity index (χ4n) is 0.635. The zero-order chi connectivity index (χ0) is 8.27. The van der Waals surface area contributed by atoms with Crippen molar-refractivity contribution >= 4 is 0 Å². The molecule has 0 aliphatic rings. The van der Waals surface area contributed by atoms with E-state index in [0.29, 0.717) is 18.3 Å². The van der Waals surface area contributed by atoms with E-state index in [-0.39, 0.29) is 6.04 Å². The first-order chi connectivity index (χ1) is 5.24. The lowest BCUT2D eigenvalue weighted by molar-refractivity contribution is 0.151. The third-order valence-corrected chi connectivity index (χ3v) is 1.16. The van der Waals surface area contributed by atoms with Gasteiger partial charge in [-0.05, 0) is 6.92 Å². The summed E-state index contributed by atoms with van der Waals surface area (Å²) in [4.78, 5) is 3.97. The monoisotopic (exact) mass is 157 g/mol. The molecule has 0 aliphatic carbocycles. The summed E-state index contributed by atoms with van der Waals surface area (Å²) in [6.45, 7) is 2.13. The lowest BCUT2D eigenvalue weighted by atomic mass is 10.3. The highest BCUT2D eigenvalue weighted by molar-refractivity contribution is 4.89. The minimum Gasteiger partial charge on any atom is -0.375 e. The lowest BCUT2D eigenvalue weighted by Gasteiger charge is -1.92. The molecule has 1 rings (SSSR count). The summed E-state index contributed by atoms with van der Waals surface area (Å²) in [5, 5.41) is 3.64. The molecule has 0 fully saturated rings. The third-order valence-electron chi connectivity index (χ3n) is 1.16. The summed E-state index contributed by atoms with van der Waals surface area (Å²) in [5.74, 6) is 0.969. The van der Waals surface area contributed by atoms with Crippen LogP contribution in [0.2, 0.25) is 0 Å². The topological polar surface area (TPSA) is 74.2 Å². The minimum atomic E-state index is -0.190. The summed E-state index contributed by atoms with van der Waals surface area (Å²) in [6.07, 6.45) is 0. The second-order valence-corrected chi connectivity index (χ2v) is 2.27. The molecule has 0 saturated heterocycles. The van der Waals surface area contributed by atoms with Crippen molar-refractivity contribution in [3.8, 4) is 0 Å². The number of aromatic nitrogens is 2. The normalized spacial score (nSPS) is 13.4. The van der Waals surface area contributed by atoms with Crippen LogP contribution in [0, 0.1) is 0 Å². The molecular formula is C6H11N3O2. The number of hydrogen-bond acceptors (Lipinski definition) is 5. The third kappa shape index (κ3) is 1.99. The van der Waals surface area contributed by atoms with E-state index in [9.17, 15) is 0 Å². The van der Waals surface area contributed by atoms with Gasteiger partial charge in [0.25, 0.3) is 5.89 Å². The molecule has 0 aromatic carbocycles. The highest BCUT2D eigenvalue weighted by Crippen LogP contribution is 2.04. The number of hydrogen-bond donors (Lipinski definition) is 1. The Morgan fingerprint density at radius 3 is 2.91 bits per heavy atom. The summed E-state index contributed by atoms with van der Waals surface area (Å²) < 4.78 is 9.58. The Bertz CT molecular complexity index is 221. The second-order valence-electron chi connectivity index (χ2n) is 2.27. The van der Waals surface area contributed by atoms with Gasteiger partial charge in [0.15, 0.2) is 5.82 Å². The van der Waals surface area contributed by atoms with Crippen LogP contribution in [-0.2, 0) is 11.3 Å². The van der Waals surface area contributed by atoms with Gasteiger partial charge in [0.05, 0.1) is 6.04 Å². The quantitative estimate of drug-likeness (QED) is 0.680. The molecule has 5 heteroatoms. The number of methoxy groups -OCH3 is 1.